The minimum Gasteiger partial charge on any atom is -0.456 e. The second kappa shape index (κ2) is 6.79. The fraction of sp³-hybridized carbons (Fsp3) is 0.273. The lowest BCUT2D eigenvalue weighted by atomic mass is 9.70. The van der Waals surface area contributed by atoms with Gasteiger partial charge in [0.2, 0.25) is 0 Å². The summed E-state index contributed by atoms with van der Waals surface area (Å²) >= 11 is 0. The SMILES string of the molecule is CC1(C)c2cccc(-n3c4ccccc4c4cc5oc6ccccc6c5cc43)c2C2CCCCC21. The van der Waals surface area contributed by atoms with E-state index in [-0.39, 0.29) is 5.41 Å². The van der Waals surface area contributed by atoms with Crippen LogP contribution in [0, 0.1) is 5.92 Å². The summed E-state index contributed by atoms with van der Waals surface area (Å²) < 4.78 is 8.84. The summed E-state index contributed by atoms with van der Waals surface area (Å²) in [6, 6.07) is 29.0. The number of hydrogen-bond acceptors (Lipinski definition) is 1. The molecule has 2 atom stereocenters. The number of rotatable bonds is 1. The van der Waals surface area contributed by atoms with Crippen LogP contribution in [-0.2, 0) is 5.41 Å². The minimum atomic E-state index is 0.225. The number of furan rings is 1. The zero-order valence-electron chi connectivity index (χ0n) is 20.3. The van der Waals surface area contributed by atoms with Gasteiger partial charge in [0.25, 0.3) is 0 Å². The van der Waals surface area contributed by atoms with Crippen LogP contribution in [-0.4, -0.2) is 4.57 Å². The molecule has 2 unspecified atom stereocenters. The summed E-state index contributed by atoms with van der Waals surface area (Å²) in [5.41, 5.74) is 9.24. The van der Waals surface area contributed by atoms with Crippen molar-refractivity contribution < 1.29 is 4.42 Å². The van der Waals surface area contributed by atoms with Gasteiger partial charge in [0.05, 0.1) is 11.0 Å². The minimum absolute atomic E-state index is 0.225. The van der Waals surface area contributed by atoms with Crippen molar-refractivity contribution in [1.29, 1.82) is 0 Å². The molecule has 1 fully saturated rings. The monoisotopic (exact) mass is 455 g/mol. The quantitative estimate of drug-likeness (QED) is 0.242. The molecule has 8 rings (SSSR count). The van der Waals surface area contributed by atoms with E-state index in [4.69, 9.17) is 4.42 Å². The van der Waals surface area contributed by atoms with Crippen LogP contribution in [0.15, 0.2) is 83.3 Å². The van der Waals surface area contributed by atoms with Crippen molar-refractivity contribution in [1.82, 2.24) is 4.57 Å². The Kier molecular flexibility index (Phi) is 3.83. The molecule has 35 heavy (non-hydrogen) atoms. The fourth-order valence-corrected chi connectivity index (χ4v) is 7.69. The Morgan fingerprint density at radius 1 is 0.714 bits per heavy atom. The number of hydrogen-bond donors (Lipinski definition) is 0. The number of fused-ring (bicyclic) bond motifs is 9. The molecule has 0 N–H and O–H groups in total. The Bertz CT molecular complexity index is 1800. The normalized spacial score (nSPS) is 21.2. The van der Waals surface area contributed by atoms with Crippen molar-refractivity contribution in [3.05, 3.63) is 90.0 Å². The van der Waals surface area contributed by atoms with Gasteiger partial charge in [0.1, 0.15) is 11.2 Å². The summed E-state index contributed by atoms with van der Waals surface area (Å²) in [4.78, 5) is 0. The number of para-hydroxylation sites is 2. The molecule has 2 aliphatic rings. The lowest BCUT2D eigenvalue weighted by molar-refractivity contribution is 0.233. The zero-order chi connectivity index (χ0) is 23.3. The van der Waals surface area contributed by atoms with E-state index < -0.39 is 0 Å². The lowest BCUT2D eigenvalue weighted by Crippen LogP contribution is -2.28. The van der Waals surface area contributed by atoms with Gasteiger partial charge in [-0.3, -0.25) is 0 Å². The van der Waals surface area contributed by atoms with Gasteiger partial charge >= 0.3 is 0 Å². The second-order valence-electron chi connectivity index (χ2n) is 11.3. The van der Waals surface area contributed by atoms with E-state index in [1.165, 1.54) is 63.9 Å². The van der Waals surface area contributed by atoms with Crippen LogP contribution < -0.4 is 0 Å². The van der Waals surface area contributed by atoms with Crippen molar-refractivity contribution in [3.63, 3.8) is 0 Å². The first-order chi connectivity index (χ1) is 17.1. The van der Waals surface area contributed by atoms with Crippen LogP contribution in [0.4, 0.5) is 0 Å². The Morgan fingerprint density at radius 2 is 1.51 bits per heavy atom. The Hall–Kier alpha value is -3.52. The Labute approximate surface area is 205 Å². The predicted molar refractivity (Wildman–Crippen MR) is 146 cm³/mol. The third kappa shape index (κ3) is 2.50. The standard InChI is InChI=1S/C33H29NO/c1-33(2)25-13-6-3-12-22(25)32-26(33)14-9-16-28(32)34-27-15-7-4-10-20(27)23-19-31-24(18-29(23)34)21-11-5-8-17-30(21)35-31/h4-5,7-11,14-19,22,25H,3,6,12-13H2,1-2H3. The van der Waals surface area contributed by atoms with E-state index in [9.17, 15) is 0 Å². The van der Waals surface area contributed by atoms with Crippen molar-refractivity contribution in [3.8, 4) is 5.69 Å². The van der Waals surface area contributed by atoms with Crippen LogP contribution in [0.3, 0.4) is 0 Å². The highest BCUT2D eigenvalue weighted by Gasteiger charge is 2.48. The first kappa shape index (κ1) is 19.8. The summed E-state index contributed by atoms with van der Waals surface area (Å²) in [7, 11) is 0. The van der Waals surface area contributed by atoms with E-state index in [1.54, 1.807) is 11.1 Å². The number of aromatic nitrogens is 1. The Balaban J connectivity index is 1.51. The molecule has 2 heterocycles. The molecule has 4 aromatic carbocycles. The molecule has 0 radical (unpaired) electrons. The smallest absolute Gasteiger partial charge is 0.136 e. The van der Waals surface area contributed by atoms with Crippen LogP contribution >= 0.6 is 0 Å². The van der Waals surface area contributed by atoms with Crippen LogP contribution in [0.1, 0.15) is 56.6 Å². The molecule has 0 amide bonds. The van der Waals surface area contributed by atoms with E-state index in [0.29, 0.717) is 5.92 Å². The average Bonchev–Trinajstić information content (AvgIpc) is 3.49. The van der Waals surface area contributed by atoms with Crippen LogP contribution in [0.5, 0.6) is 0 Å². The summed E-state index contributed by atoms with van der Waals surface area (Å²) in [6.45, 7) is 4.97. The van der Waals surface area contributed by atoms with Gasteiger partial charge in [-0.15, -0.1) is 0 Å². The highest BCUT2D eigenvalue weighted by atomic mass is 16.3. The molecule has 172 valence electrons. The van der Waals surface area contributed by atoms with Gasteiger partial charge in [0, 0.05) is 27.2 Å². The molecular weight excluding hydrogens is 426 g/mol. The fourth-order valence-electron chi connectivity index (χ4n) is 7.69. The third-order valence-corrected chi connectivity index (χ3v) is 9.25. The van der Waals surface area contributed by atoms with Gasteiger partial charge in [-0.25, -0.2) is 0 Å². The first-order valence-electron chi connectivity index (χ1n) is 13.1. The summed E-state index contributed by atoms with van der Waals surface area (Å²) in [5.74, 6) is 1.39. The van der Waals surface area contributed by atoms with E-state index in [2.05, 4.69) is 97.3 Å². The van der Waals surface area contributed by atoms with Gasteiger partial charge in [-0.2, -0.15) is 0 Å². The Morgan fingerprint density at radius 3 is 2.43 bits per heavy atom. The molecule has 0 bridgehead atoms. The lowest BCUT2D eigenvalue weighted by Gasteiger charge is -2.34. The van der Waals surface area contributed by atoms with Gasteiger partial charge in [-0.05, 0) is 71.6 Å². The summed E-state index contributed by atoms with van der Waals surface area (Å²) in [5, 5.41) is 4.94. The van der Waals surface area contributed by atoms with Crippen molar-refractivity contribution in [2.45, 2.75) is 50.9 Å². The van der Waals surface area contributed by atoms with Gasteiger partial charge in [-0.1, -0.05) is 75.2 Å². The second-order valence-corrected chi connectivity index (χ2v) is 11.3. The van der Waals surface area contributed by atoms with Crippen LogP contribution in [0.25, 0.3) is 49.4 Å². The molecule has 2 aromatic heterocycles. The van der Waals surface area contributed by atoms with Crippen molar-refractivity contribution in [2.75, 3.05) is 0 Å². The third-order valence-electron chi connectivity index (χ3n) is 9.25. The molecule has 0 saturated heterocycles. The molecule has 1 saturated carbocycles. The first-order valence-corrected chi connectivity index (χ1v) is 13.1. The maximum absolute atomic E-state index is 6.29. The van der Waals surface area contributed by atoms with E-state index in [0.717, 1.165) is 17.1 Å². The van der Waals surface area contributed by atoms with Gasteiger partial charge in [0.15, 0.2) is 0 Å². The maximum atomic E-state index is 6.29. The zero-order valence-corrected chi connectivity index (χ0v) is 20.3. The van der Waals surface area contributed by atoms with Gasteiger partial charge < -0.3 is 8.98 Å². The molecule has 2 aliphatic carbocycles. The highest BCUT2D eigenvalue weighted by Crippen LogP contribution is 2.58. The average molecular weight is 456 g/mol. The molecule has 0 spiro atoms. The molecule has 6 aromatic rings. The molecular formula is C33H29NO. The topological polar surface area (TPSA) is 18.1 Å². The van der Waals surface area contributed by atoms with E-state index in [1.807, 2.05) is 0 Å². The molecule has 0 aliphatic heterocycles. The number of benzene rings is 4. The molecule has 2 heteroatoms. The predicted octanol–water partition coefficient (Wildman–Crippen LogP) is 9.25. The van der Waals surface area contributed by atoms with E-state index >= 15 is 0 Å². The largest absolute Gasteiger partial charge is 0.456 e. The molecule has 2 nitrogen and oxygen atoms in total. The summed E-state index contributed by atoms with van der Waals surface area (Å²) in [6.07, 6.45) is 5.38. The number of nitrogens with zero attached hydrogens (tertiary/aromatic N) is 1. The van der Waals surface area contributed by atoms with Crippen molar-refractivity contribution >= 4 is 43.7 Å². The van der Waals surface area contributed by atoms with Crippen LogP contribution in [0.2, 0.25) is 0 Å². The highest BCUT2D eigenvalue weighted by molar-refractivity contribution is 6.17. The van der Waals surface area contributed by atoms with Crippen molar-refractivity contribution in [2.24, 2.45) is 5.92 Å². The maximum Gasteiger partial charge on any atom is 0.136 e.